The molecule has 3 fully saturated rings. The van der Waals surface area contributed by atoms with Crippen molar-refractivity contribution in [3.63, 3.8) is 0 Å². The van der Waals surface area contributed by atoms with Crippen LogP contribution in [0.15, 0.2) is 18.2 Å². The van der Waals surface area contributed by atoms with Gasteiger partial charge in [0.05, 0.1) is 0 Å². The topological polar surface area (TPSA) is 52.7 Å². The van der Waals surface area contributed by atoms with Crippen LogP contribution in [0, 0.1) is 25.7 Å². The Kier molecular flexibility index (Phi) is 5.22. The molecular weight excluding hydrogens is 338 g/mol. The number of likely N-dealkylation sites (tertiary alicyclic amines) is 1. The lowest BCUT2D eigenvalue weighted by Gasteiger charge is -2.33. The number of carbonyl (C=O) groups is 2. The van der Waals surface area contributed by atoms with Gasteiger partial charge in [0.1, 0.15) is 5.92 Å². The fraction of sp³-hybridized carbons (Fsp3) is 0.636. The predicted octanol–water partition coefficient (Wildman–Crippen LogP) is 2.65. The Labute approximate surface area is 162 Å². The van der Waals surface area contributed by atoms with Crippen LogP contribution in [0.25, 0.3) is 0 Å². The monoisotopic (exact) mass is 369 g/mol. The molecule has 0 spiro atoms. The van der Waals surface area contributed by atoms with Gasteiger partial charge in [0.2, 0.25) is 11.8 Å². The second kappa shape index (κ2) is 7.63. The highest BCUT2D eigenvalue weighted by atomic mass is 16.2. The average molecular weight is 370 g/mol. The summed E-state index contributed by atoms with van der Waals surface area (Å²) >= 11 is 0. The molecule has 1 aromatic carbocycles. The van der Waals surface area contributed by atoms with E-state index in [1.54, 1.807) is 4.90 Å². The van der Waals surface area contributed by atoms with Gasteiger partial charge in [-0.25, -0.2) is 0 Å². The normalized spacial score (nSPS) is 23.9. The number of carbonyl (C=O) groups excluding carboxylic acids is 2. The molecular formula is C22H31N3O2. The van der Waals surface area contributed by atoms with Crippen molar-refractivity contribution in [3.8, 4) is 0 Å². The van der Waals surface area contributed by atoms with Gasteiger partial charge in [-0.15, -0.1) is 0 Å². The fourth-order valence-electron chi connectivity index (χ4n) is 4.45. The van der Waals surface area contributed by atoms with E-state index in [1.807, 2.05) is 30.9 Å². The zero-order valence-corrected chi connectivity index (χ0v) is 16.5. The van der Waals surface area contributed by atoms with Crippen LogP contribution < -0.4 is 10.2 Å². The molecule has 2 amide bonds. The first-order valence-corrected chi connectivity index (χ1v) is 10.4. The van der Waals surface area contributed by atoms with E-state index < -0.39 is 5.92 Å². The van der Waals surface area contributed by atoms with Gasteiger partial charge in [0, 0.05) is 31.4 Å². The minimum atomic E-state index is -0.498. The molecule has 0 radical (unpaired) electrons. The van der Waals surface area contributed by atoms with Crippen LogP contribution in [-0.2, 0) is 9.59 Å². The molecule has 2 saturated heterocycles. The largest absolute Gasteiger partial charge is 0.342 e. The molecule has 1 aliphatic carbocycles. The molecule has 0 bridgehead atoms. The second-order valence-corrected chi connectivity index (χ2v) is 8.63. The molecule has 4 rings (SSSR count). The van der Waals surface area contributed by atoms with Crippen LogP contribution in [-0.4, -0.2) is 48.9 Å². The van der Waals surface area contributed by atoms with Crippen LogP contribution in [0.5, 0.6) is 0 Å². The Morgan fingerprint density at radius 3 is 2.30 bits per heavy atom. The van der Waals surface area contributed by atoms with Crippen molar-refractivity contribution in [1.82, 2.24) is 10.2 Å². The molecule has 1 atom stereocenters. The average Bonchev–Trinajstić information content (AvgIpc) is 3.39. The molecule has 2 aliphatic heterocycles. The second-order valence-electron chi connectivity index (χ2n) is 8.63. The van der Waals surface area contributed by atoms with Gasteiger partial charge in [-0.05, 0) is 81.7 Å². The number of piperidine rings is 1. The number of benzene rings is 1. The van der Waals surface area contributed by atoms with Gasteiger partial charge in [-0.3, -0.25) is 9.59 Å². The molecule has 2 heterocycles. The third kappa shape index (κ3) is 4.18. The van der Waals surface area contributed by atoms with E-state index in [0.717, 1.165) is 55.2 Å². The summed E-state index contributed by atoms with van der Waals surface area (Å²) < 4.78 is 0. The lowest BCUT2D eigenvalue weighted by Crippen LogP contribution is -2.48. The molecule has 3 aliphatic rings. The van der Waals surface area contributed by atoms with Gasteiger partial charge in [-0.2, -0.15) is 0 Å². The third-order valence-electron chi connectivity index (χ3n) is 6.22. The van der Waals surface area contributed by atoms with E-state index in [4.69, 9.17) is 0 Å². The summed E-state index contributed by atoms with van der Waals surface area (Å²) in [6.45, 7) is 7.40. The number of nitrogens with one attached hydrogen (secondary N) is 1. The smallest absolute Gasteiger partial charge is 0.239 e. The summed E-state index contributed by atoms with van der Waals surface area (Å²) in [4.78, 5) is 29.6. The molecule has 1 saturated carbocycles. The van der Waals surface area contributed by atoms with Crippen molar-refractivity contribution in [3.05, 3.63) is 29.3 Å². The summed E-state index contributed by atoms with van der Waals surface area (Å²) in [5.41, 5.74) is 3.22. The Morgan fingerprint density at radius 1 is 1.00 bits per heavy atom. The van der Waals surface area contributed by atoms with E-state index in [0.29, 0.717) is 19.0 Å². The number of aryl methyl sites for hydroxylation is 2. The maximum Gasteiger partial charge on any atom is 0.239 e. The molecule has 1 unspecified atom stereocenters. The Balaban J connectivity index is 1.33. The molecule has 1 N–H and O–H groups in total. The van der Waals surface area contributed by atoms with E-state index >= 15 is 0 Å². The van der Waals surface area contributed by atoms with E-state index in [-0.39, 0.29) is 11.8 Å². The number of hydrogen-bond acceptors (Lipinski definition) is 3. The van der Waals surface area contributed by atoms with Gasteiger partial charge < -0.3 is 15.1 Å². The van der Waals surface area contributed by atoms with Crippen molar-refractivity contribution in [2.45, 2.75) is 52.0 Å². The van der Waals surface area contributed by atoms with Gasteiger partial charge in [0.15, 0.2) is 0 Å². The van der Waals surface area contributed by atoms with E-state index in [1.165, 1.54) is 12.8 Å². The molecule has 1 aromatic rings. The Morgan fingerprint density at radius 2 is 1.67 bits per heavy atom. The number of rotatable bonds is 5. The minimum Gasteiger partial charge on any atom is -0.342 e. The summed E-state index contributed by atoms with van der Waals surface area (Å²) in [6.07, 6.45) is 5.36. The van der Waals surface area contributed by atoms with Gasteiger partial charge in [-0.1, -0.05) is 6.07 Å². The lowest BCUT2D eigenvalue weighted by atomic mass is 10.0. The van der Waals surface area contributed by atoms with Crippen LogP contribution in [0.3, 0.4) is 0 Å². The van der Waals surface area contributed by atoms with Crippen molar-refractivity contribution in [2.24, 2.45) is 11.8 Å². The lowest BCUT2D eigenvalue weighted by molar-refractivity contribution is -0.140. The number of hydrogen-bond donors (Lipinski definition) is 1. The molecule has 0 aromatic heterocycles. The first-order valence-electron chi connectivity index (χ1n) is 10.4. The fourth-order valence-corrected chi connectivity index (χ4v) is 4.45. The first kappa shape index (κ1) is 18.5. The highest BCUT2D eigenvalue weighted by molar-refractivity contribution is 6.09. The first-order chi connectivity index (χ1) is 13.0. The van der Waals surface area contributed by atoms with E-state index in [9.17, 15) is 9.59 Å². The summed E-state index contributed by atoms with van der Waals surface area (Å²) in [6, 6.07) is 6.71. The molecule has 5 nitrogen and oxygen atoms in total. The number of anilines is 1. The zero-order valence-electron chi connectivity index (χ0n) is 16.5. The van der Waals surface area contributed by atoms with Crippen molar-refractivity contribution >= 4 is 17.5 Å². The van der Waals surface area contributed by atoms with Crippen LogP contribution >= 0.6 is 0 Å². The Bertz CT molecular complexity index is 700. The highest BCUT2D eigenvalue weighted by Gasteiger charge is 2.40. The van der Waals surface area contributed by atoms with Crippen LogP contribution in [0.4, 0.5) is 5.69 Å². The SMILES string of the molecule is Cc1cc(C)cc(N2CCC(C(=O)N3CCC(NCC4CC4)CC3)C2=O)c1. The van der Waals surface area contributed by atoms with Crippen molar-refractivity contribution in [2.75, 3.05) is 31.1 Å². The Hall–Kier alpha value is -1.88. The van der Waals surface area contributed by atoms with Gasteiger partial charge >= 0.3 is 0 Å². The zero-order chi connectivity index (χ0) is 19.0. The maximum absolute atomic E-state index is 13.0. The highest BCUT2D eigenvalue weighted by Crippen LogP contribution is 2.30. The van der Waals surface area contributed by atoms with Crippen molar-refractivity contribution < 1.29 is 9.59 Å². The number of amides is 2. The van der Waals surface area contributed by atoms with Crippen molar-refractivity contribution in [1.29, 1.82) is 0 Å². The maximum atomic E-state index is 13.0. The summed E-state index contributed by atoms with van der Waals surface area (Å²) in [5.74, 6) is 0.394. The minimum absolute atomic E-state index is 0.0287. The molecule has 27 heavy (non-hydrogen) atoms. The standard InChI is InChI=1S/C22H31N3O2/c1-15-11-16(2)13-19(12-15)25-10-7-20(22(25)27)21(26)24-8-5-18(6-9-24)23-14-17-3-4-17/h11-13,17-18,20,23H,3-10,14H2,1-2H3. The predicted molar refractivity (Wildman–Crippen MR) is 107 cm³/mol. The number of nitrogens with zero attached hydrogens (tertiary/aromatic N) is 2. The molecule has 5 heteroatoms. The summed E-state index contributed by atoms with van der Waals surface area (Å²) in [7, 11) is 0. The van der Waals surface area contributed by atoms with Crippen LogP contribution in [0.2, 0.25) is 0 Å². The van der Waals surface area contributed by atoms with Crippen LogP contribution in [0.1, 0.15) is 43.2 Å². The van der Waals surface area contributed by atoms with E-state index in [2.05, 4.69) is 11.4 Å². The molecule has 146 valence electrons. The summed E-state index contributed by atoms with van der Waals surface area (Å²) in [5, 5.41) is 3.65. The van der Waals surface area contributed by atoms with Gasteiger partial charge in [0.25, 0.3) is 0 Å². The third-order valence-corrected chi connectivity index (χ3v) is 6.22. The quantitative estimate of drug-likeness (QED) is 0.812.